The third-order valence-corrected chi connectivity index (χ3v) is 5.79. The summed E-state index contributed by atoms with van der Waals surface area (Å²) in [4.78, 5) is 4.58. The average Bonchev–Trinajstić information content (AvgIpc) is 2.50. The van der Waals surface area contributed by atoms with Gasteiger partial charge in [-0.2, -0.15) is 0 Å². The van der Waals surface area contributed by atoms with Gasteiger partial charge in [0.25, 0.3) is 0 Å². The Labute approximate surface area is 165 Å². The number of sulfonamides is 1. The van der Waals surface area contributed by atoms with E-state index in [1.807, 2.05) is 20.8 Å². The molecule has 1 aromatic carbocycles. The van der Waals surface area contributed by atoms with Crippen LogP contribution in [0.3, 0.4) is 0 Å². The molecule has 0 aromatic heterocycles. The van der Waals surface area contributed by atoms with Crippen molar-refractivity contribution < 1.29 is 8.42 Å². The van der Waals surface area contributed by atoms with Gasteiger partial charge in [-0.3, -0.25) is 0 Å². The number of hydrogen-bond acceptors (Lipinski definition) is 3. The zero-order valence-electron chi connectivity index (χ0n) is 17.5. The fourth-order valence-corrected chi connectivity index (χ4v) is 4.38. The first-order valence-electron chi connectivity index (χ1n) is 9.59. The molecule has 154 valence electrons. The molecular weight excluding hydrogens is 360 g/mol. The number of rotatable bonds is 9. The maximum absolute atomic E-state index is 12.7. The molecule has 6 nitrogen and oxygen atoms in total. The van der Waals surface area contributed by atoms with Gasteiger partial charge in [-0.05, 0) is 51.7 Å². The molecule has 4 N–H and O–H groups in total. The van der Waals surface area contributed by atoms with Crippen molar-refractivity contribution in [3.63, 3.8) is 0 Å². The Hall–Kier alpha value is -1.60. The summed E-state index contributed by atoms with van der Waals surface area (Å²) in [7, 11) is -3.62. The lowest BCUT2D eigenvalue weighted by Gasteiger charge is -2.21. The topological polar surface area (TPSA) is 96.6 Å². The van der Waals surface area contributed by atoms with Crippen molar-refractivity contribution in [1.82, 2.24) is 10.0 Å². The summed E-state index contributed by atoms with van der Waals surface area (Å²) in [6.45, 7) is 12.2. The first-order valence-corrected chi connectivity index (χ1v) is 11.1. The molecule has 0 bridgehead atoms. The minimum absolute atomic E-state index is 0.207. The molecule has 0 aliphatic carbocycles. The number of nitrogens with two attached hydrogens (primary N) is 1. The van der Waals surface area contributed by atoms with Gasteiger partial charge in [0.15, 0.2) is 5.96 Å². The Kier molecular flexibility index (Phi) is 8.75. The summed E-state index contributed by atoms with van der Waals surface area (Å²) < 4.78 is 28.0. The lowest BCUT2D eigenvalue weighted by molar-refractivity contribution is 0.490. The first-order chi connectivity index (χ1) is 12.4. The lowest BCUT2D eigenvalue weighted by atomic mass is 10.0. The molecule has 1 atom stereocenters. The summed E-state index contributed by atoms with van der Waals surface area (Å²) in [6.07, 6.45) is 3.35. The second-order valence-corrected chi connectivity index (χ2v) is 10.2. The van der Waals surface area contributed by atoms with Gasteiger partial charge in [0.1, 0.15) is 0 Å². The SMILES string of the molecule is CC(C)CCCC(C)NC(N)=NCc1ccccc1S(=O)(=O)NC(C)(C)C. The number of benzene rings is 1. The molecular formula is C20H36N4O2S. The van der Waals surface area contributed by atoms with Crippen LogP contribution in [0.1, 0.15) is 66.4 Å². The third-order valence-electron chi connectivity index (χ3n) is 3.94. The van der Waals surface area contributed by atoms with E-state index in [9.17, 15) is 8.42 Å². The van der Waals surface area contributed by atoms with Gasteiger partial charge in [0.2, 0.25) is 10.0 Å². The van der Waals surface area contributed by atoms with Gasteiger partial charge >= 0.3 is 0 Å². The van der Waals surface area contributed by atoms with Crippen LogP contribution in [0.2, 0.25) is 0 Å². The van der Waals surface area contributed by atoms with Crippen LogP contribution < -0.4 is 15.8 Å². The van der Waals surface area contributed by atoms with E-state index in [2.05, 4.69) is 35.8 Å². The molecule has 1 unspecified atom stereocenters. The van der Waals surface area contributed by atoms with Crippen molar-refractivity contribution in [3.8, 4) is 0 Å². The molecule has 0 aliphatic heterocycles. The molecule has 1 rings (SSSR count). The molecule has 0 amide bonds. The normalized spacial score (nSPS) is 14.4. The molecule has 0 radical (unpaired) electrons. The number of nitrogens with one attached hydrogen (secondary N) is 2. The molecule has 0 spiro atoms. The zero-order chi connectivity index (χ0) is 20.7. The maximum atomic E-state index is 12.7. The zero-order valence-corrected chi connectivity index (χ0v) is 18.4. The predicted octanol–water partition coefficient (Wildman–Crippen LogP) is 3.38. The molecule has 0 aliphatic rings. The number of guanidine groups is 1. The molecule has 0 heterocycles. The molecule has 0 saturated heterocycles. The summed E-state index contributed by atoms with van der Waals surface area (Å²) in [5.74, 6) is 1.03. The van der Waals surface area contributed by atoms with Gasteiger partial charge in [0.05, 0.1) is 11.4 Å². The van der Waals surface area contributed by atoms with Crippen LogP contribution in [0.25, 0.3) is 0 Å². The van der Waals surface area contributed by atoms with E-state index in [1.165, 1.54) is 6.42 Å². The third kappa shape index (κ3) is 9.24. The van der Waals surface area contributed by atoms with Crippen molar-refractivity contribution in [1.29, 1.82) is 0 Å². The van der Waals surface area contributed by atoms with Crippen LogP contribution in [-0.4, -0.2) is 26.0 Å². The fraction of sp³-hybridized carbons (Fsp3) is 0.650. The van der Waals surface area contributed by atoms with Crippen LogP contribution in [0, 0.1) is 5.92 Å². The Bertz CT molecular complexity index is 722. The smallest absolute Gasteiger partial charge is 0.241 e. The quantitative estimate of drug-likeness (QED) is 0.440. The number of hydrogen-bond donors (Lipinski definition) is 3. The van der Waals surface area contributed by atoms with Crippen LogP contribution in [0.4, 0.5) is 0 Å². The van der Waals surface area contributed by atoms with Crippen LogP contribution in [-0.2, 0) is 16.6 Å². The standard InChI is InChI=1S/C20H36N4O2S/c1-15(2)10-9-11-16(3)23-19(21)22-14-17-12-7-8-13-18(17)27(25,26)24-20(4,5)6/h7-8,12-13,15-16,24H,9-11,14H2,1-6H3,(H3,21,22,23). The van der Waals surface area contributed by atoms with Gasteiger partial charge in [-0.25, -0.2) is 18.1 Å². The van der Waals surface area contributed by atoms with E-state index < -0.39 is 15.6 Å². The van der Waals surface area contributed by atoms with Crippen LogP contribution in [0.5, 0.6) is 0 Å². The van der Waals surface area contributed by atoms with E-state index in [-0.39, 0.29) is 17.5 Å². The average molecular weight is 397 g/mol. The monoisotopic (exact) mass is 396 g/mol. The van der Waals surface area contributed by atoms with E-state index >= 15 is 0 Å². The molecule has 1 aromatic rings. The van der Waals surface area contributed by atoms with Crippen molar-refractivity contribution in [2.24, 2.45) is 16.6 Å². The van der Waals surface area contributed by atoms with Gasteiger partial charge in [-0.1, -0.05) is 44.9 Å². The van der Waals surface area contributed by atoms with Crippen molar-refractivity contribution in [2.75, 3.05) is 0 Å². The summed E-state index contributed by atoms with van der Waals surface area (Å²) in [6, 6.07) is 7.10. The summed E-state index contributed by atoms with van der Waals surface area (Å²) >= 11 is 0. The second-order valence-electron chi connectivity index (χ2n) is 8.53. The molecule has 0 fully saturated rings. The van der Waals surface area contributed by atoms with Crippen LogP contribution in [0.15, 0.2) is 34.2 Å². The molecule has 0 saturated carbocycles. The number of nitrogens with zero attached hydrogens (tertiary/aromatic N) is 1. The summed E-state index contributed by atoms with van der Waals surface area (Å²) in [5.41, 5.74) is 6.05. The van der Waals surface area contributed by atoms with Gasteiger partial charge in [0, 0.05) is 11.6 Å². The molecule has 7 heteroatoms. The van der Waals surface area contributed by atoms with Crippen molar-refractivity contribution in [3.05, 3.63) is 29.8 Å². The number of aliphatic imine (C=N–C) groups is 1. The molecule has 27 heavy (non-hydrogen) atoms. The first kappa shape index (κ1) is 23.4. The Morgan fingerprint density at radius 1 is 1.15 bits per heavy atom. The Morgan fingerprint density at radius 3 is 2.37 bits per heavy atom. The Balaban J connectivity index is 2.78. The van der Waals surface area contributed by atoms with Gasteiger partial charge in [-0.15, -0.1) is 0 Å². The minimum Gasteiger partial charge on any atom is -0.370 e. The fourth-order valence-electron chi connectivity index (χ4n) is 2.73. The lowest BCUT2D eigenvalue weighted by Crippen LogP contribution is -2.41. The largest absolute Gasteiger partial charge is 0.370 e. The minimum atomic E-state index is -3.62. The summed E-state index contributed by atoms with van der Waals surface area (Å²) in [5, 5.41) is 3.18. The van der Waals surface area contributed by atoms with E-state index in [0.29, 0.717) is 17.4 Å². The van der Waals surface area contributed by atoms with Crippen molar-refractivity contribution in [2.45, 2.75) is 83.8 Å². The second kappa shape index (κ2) is 10.1. The van der Waals surface area contributed by atoms with E-state index in [0.717, 1.165) is 12.8 Å². The van der Waals surface area contributed by atoms with Crippen molar-refractivity contribution >= 4 is 16.0 Å². The highest BCUT2D eigenvalue weighted by atomic mass is 32.2. The van der Waals surface area contributed by atoms with Crippen LogP contribution >= 0.6 is 0 Å². The van der Waals surface area contributed by atoms with Gasteiger partial charge < -0.3 is 11.1 Å². The highest BCUT2D eigenvalue weighted by Crippen LogP contribution is 2.18. The Morgan fingerprint density at radius 2 is 1.78 bits per heavy atom. The maximum Gasteiger partial charge on any atom is 0.241 e. The highest BCUT2D eigenvalue weighted by molar-refractivity contribution is 7.89. The highest BCUT2D eigenvalue weighted by Gasteiger charge is 2.24. The van der Waals surface area contributed by atoms with E-state index in [4.69, 9.17) is 5.73 Å². The predicted molar refractivity (Wildman–Crippen MR) is 113 cm³/mol. The van der Waals surface area contributed by atoms with E-state index in [1.54, 1.807) is 24.3 Å².